The third-order valence-electron chi connectivity index (χ3n) is 4.41. The fraction of sp³-hybridized carbons (Fsp3) is 0.227. The monoisotopic (exact) mass is 380 g/mol. The number of carbonyl (C=O) groups is 1. The lowest BCUT2D eigenvalue weighted by molar-refractivity contribution is -0.117. The van der Waals surface area contributed by atoms with Gasteiger partial charge in [0.25, 0.3) is 0 Å². The minimum Gasteiger partial charge on any atom is -0.495 e. The molecular weight excluding hydrogens is 356 g/mol. The van der Waals surface area contributed by atoms with Crippen LogP contribution in [0.5, 0.6) is 5.75 Å². The van der Waals surface area contributed by atoms with Gasteiger partial charge in [-0.05, 0) is 43.0 Å². The summed E-state index contributed by atoms with van der Waals surface area (Å²) >= 11 is 1.68. The highest BCUT2D eigenvalue weighted by molar-refractivity contribution is 7.10. The Bertz CT molecular complexity index is 876. The van der Waals surface area contributed by atoms with Crippen LogP contribution in [0.4, 0.5) is 5.69 Å². The van der Waals surface area contributed by atoms with Crippen molar-refractivity contribution in [2.45, 2.75) is 25.9 Å². The normalized spacial score (nSPS) is 13.0. The molecule has 1 aromatic heterocycles. The number of amides is 1. The topological polar surface area (TPSA) is 50.4 Å². The Morgan fingerprint density at radius 1 is 1.04 bits per heavy atom. The fourth-order valence-corrected chi connectivity index (χ4v) is 3.68. The number of hydrogen-bond donors (Lipinski definition) is 2. The number of nitrogens with one attached hydrogen (secondary N) is 2. The first kappa shape index (κ1) is 19.1. The number of carbonyl (C=O) groups excluding carboxylic acids is 1. The van der Waals surface area contributed by atoms with Crippen molar-refractivity contribution in [3.8, 4) is 5.75 Å². The van der Waals surface area contributed by atoms with Crippen LogP contribution < -0.4 is 15.4 Å². The van der Waals surface area contributed by atoms with Gasteiger partial charge in [-0.15, -0.1) is 11.3 Å². The van der Waals surface area contributed by atoms with Crippen LogP contribution in [-0.4, -0.2) is 19.1 Å². The predicted molar refractivity (Wildman–Crippen MR) is 112 cm³/mol. The second kappa shape index (κ2) is 8.84. The molecule has 0 radical (unpaired) electrons. The quantitative estimate of drug-likeness (QED) is 0.621. The summed E-state index contributed by atoms with van der Waals surface area (Å²) in [4.78, 5) is 13.9. The van der Waals surface area contributed by atoms with E-state index in [1.165, 1.54) is 10.4 Å². The Morgan fingerprint density at radius 3 is 2.44 bits per heavy atom. The Kier molecular flexibility index (Phi) is 6.27. The maximum atomic E-state index is 12.7. The van der Waals surface area contributed by atoms with E-state index >= 15 is 0 Å². The molecule has 0 fully saturated rings. The smallest absolute Gasteiger partial charge is 0.241 e. The van der Waals surface area contributed by atoms with Crippen molar-refractivity contribution in [1.82, 2.24) is 5.32 Å². The first-order chi connectivity index (χ1) is 13.1. The number of aryl methyl sites for hydroxylation is 1. The van der Waals surface area contributed by atoms with Gasteiger partial charge in [-0.2, -0.15) is 0 Å². The molecule has 0 bridgehead atoms. The van der Waals surface area contributed by atoms with Gasteiger partial charge < -0.3 is 10.1 Å². The van der Waals surface area contributed by atoms with Crippen LogP contribution in [0.2, 0.25) is 0 Å². The number of ether oxygens (including phenoxy) is 1. The zero-order valence-electron chi connectivity index (χ0n) is 15.7. The molecule has 4 nitrogen and oxygen atoms in total. The molecule has 0 aliphatic carbocycles. The highest BCUT2D eigenvalue weighted by atomic mass is 32.1. The van der Waals surface area contributed by atoms with Crippen LogP contribution in [-0.2, 0) is 4.79 Å². The summed E-state index contributed by atoms with van der Waals surface area (Å²) in [6.07, 6.45) is 0. The van der Waals surface area contributed by atoms with E-state index in [2.05, 4.69) is 53.3 Å². The van der Waals surface area contributed by atoms with E-state index in [9.17, 15) is 4.79 Å². The Labute approximate surface area is 164 Å². The van der Waals surface area contributed by atoms with Crippen molar-refractivity contribution in [1.29, 1.82) is 0 Å². The molecule has 0 saturated heterocycles. The van der Waals surface area contributed by atoms with E-state index in [1.54, 1.807) is 18.4 Å². The molecule has 3 aromatic rings. The van der Waals surface area contributed by atoms with Gasteiger partial charge in [-0.25, -0.2) is 0 Å². The minimum absolute atomic E-state index is 0.0379. The molecule has 0 unspecified atom stereocenters. The van der Waals surface area contributed by atoms with E-state index in [4.69, 9.17) is 4.74 Å². The lowest BCUT2D eigenvalue weighted by Crippen LogP contribution is -2.40. The zero-order valence-corrected chi connectivity index (χ0v) is 16.5. The average molecular weight is 381 g/mol. The number of hydrogen-bond acceptors (Lipinski definition) is 4. The number of para-hydroxylation sites is 2. The van der Waals surface area contributed by atoms with Crippen molar-refractivity contribution in [3.05, 3.63) is 82.0 Å². The molecule has 3 rings (SSSR count). The average Bonchev–Trinajstić information content (AvgIpc) is 3.21. The van der Waals surface area contributed by atoms with Gasteiger partial charge in [0, 0.05) is 4.88 Å². The van der Waals surface area contributed by atoms with Gasteiger partial charge >= 0.3 is 0 Å². The van der Waals surface area contributed by atoms with E-state index in [-0.39, 0.29) is 18.0 Å². The van der Waals surface area contributed by atoms with E-state index < -0.39 is 0 Å². The highest BCUT2D eigenvalue weighted by Crippen LogP contribution is 2.27. The standard InChI is InChI=1S/C22H24N2O2S/c1-15-10-12-17(13-11-15)21(20-9-6-14-27-20)23-16(2)22(25)24-18-7-4-5-8-19(18)26-3/h4-14,16,21,23H,1-3H3,(H,24,25)/t16-,21+/m1/s1. The first-order valence-electron chi connectivity index (χ1n) is 8.88. The third-order valence-corrected chi connectivity index (χ3v) is 5.35. The van der Waals surface area contributed by atoms with Crippen LogP contribution in [0, 0.1) is 6.92 Å². The second-order valence-corrected chi connectivity index (χ2v) is 7.42. The zero-order chi connectivity index (χ0) is 19.2. The molecule has 2 atom stereocenters. The Balaban J connectivity index is 1.77. The van der Waals surface area contributed by atoms with Crippen LogP contribution in [0.1, 0.15) is 29.0 Å². The van der Waals surface area contributed by atoms with Crippen molar-refractivity contribution < 1.29 is 9.53 Å². The number of benzene rings is 2. The summed E-state index contributed by atoms with van der Waals surface area (Å²) in [5.41, 5.74) is 3.02. The fourth-order valence-electron chi connectivity index (χ4n) is 2.87. The molecule has 0 saturated carbocycles. The van der Waals surface area contributed by atoms with E-state index in [0.29, 0.717) is 11.4 Å². The highest BCUT2D eigenvalue weighted by Gasteiger charge is 2.22. The van der Waals surface area contributed by atoms with Crippen molar-refractivity contribution in [2.24, 2.45) is 0 Å². The molecule has 2 N–H and O–H groups in total. The van der Waals surface area contributed by atoms with Gasteiger partial charge in [0.2, 0.25) is 5.91 Å². The molecular formula is C22H24N2O2S. The summed E-state index contributed by atoms with van der Waals surface area (Å²) in [5.74, 6) is 0.541. The SMILES string of the molecule is COc1ccccc1NC(=O)[C@@H](C)N[C@@H](c1ccc(C)cc1)c1cccs1. The predicted octanol–water partition coefficient (Wildman–Crippen LogP) is 4.77. The van der Waals surface area contributed by atoms with Gasteiger partial charge in [-0.1, -0.05) is 48.0 Å². The molecule has 1 heterocycles. The summed E-state index contributed by atoms with van der Waals surface area (Å²) in [7, 11) is 1.59. The summed E-state index contributed by atoms with van der Waals surface area (Å²) in [5, 5.41) is 8.47. The van der Waals surface area contributed by atoms with Gasteiger partial charge in [-0.3, -0.25) is 10.1 Å². The number of thiophene rings is 1. The van der Waals surface area contributed by atoms with Crippen molar-refractivity contribution >= 4 is 22.9 Å². The molecule has 27 heavy (non-hydrogen) atoms. The van der Waals surface area contributed by atoms with Gasteiger partial charge in [0.15, 0.2) is 0 Å². The summed E-state index contributed by atoms with van der Waals surface area (Å²) < 4.78 is 5.31. The Morgan fingerprint density at radius 2 is 1.78 bits per heavy atom. The van der Waals surface area contributed by atoms with Gasteiger partial charge in [0.1, 0.15) is 5.75 Å². The molecule has 140 valence electrons. The van der Waals surface area contributed by atoms with Crippen molar-refractivity contribution in [3.63, 3.8) is 0 Å². The second-order valence-electron chi connectivity index (χ2n) is 6.44. The van der Waals surface area contributed by atoms with Crippen LogP contribution in [0.25, 0.3) is 0 Å². The molecule has 5 heteroatoms. The summed E-state index contributed by atoms with van der Waals surface area (Å²) in [6.45, 7) is 3.94. The van der Waals surface area contributed by atoms with Crippen LogP contribution in [0.3, 0.4) is 0 Å². The molecule has 2 aromatic carbocycles. The largest absolute Gasteiger partial charge is 0.495 e. The molecule has 0 aliphatic rings. The Hall–Kier alpha value is -2.63. The van der Waals surface area contributed by atoms with Crippen molar-refractivity contribution in [2.75, 3.05) is 12.4 Å². The maximum absolute atomic E-state index is 12.7. The first-order valence-corrected chi connectivity index (χ1v) is 9.76. The summed E-state index contributed by atoms with van der Waals surface area (Å²) in [6, 6.07) is 19.5. The molecule has 1 amide bonds. The van der Waals surface area contributed by atoms with E-state index in [1.807, 2.05) is 37.3 Å². The maximum Gasteiger partial charge on any atom is 0.241 e. The minimum atomic E-state index is -0.386. The third kappa shape index (κ3) is 4.76. The molecule has 0 aliphatic heterocycles. The van der Waals surface area contributed by atoms with Crippen LogP contribution >= 0.6 is 11.3 Å². The lowest BCUT2D eigenvalue weighted by Gasteiger charge is -2.23. The number of rotatable bonds is 7. The van der Waals surface area contributed by atoms with Crippen LogP contribution in [0.15, 0.2) is 66.0 Å². The number of methoxy groups -OCH3 is 1. The molecule has 0 spiro atoms. The lowest BCUT2D eigenvalue weighted by atomic mass is 10.0. The van der Waals surface area contributed by atoms with Gasteiger partial charge in [0.05, 0.1) is 24.9 Å². The van der Waals surface area contributed by atoms with E-state index in [0.717, 1.165) is 5.56 Å². The number of anilines is 1.